The molecule has 1 aliphatic carbocycles. The van der Waals surface area contributed by atoms with Crippen LogP contribution in [0.2, 0.25) is 0 Å². The van der Waals surface area contributed by atoms with E-state index in [0.717, 1.165) is 12.0 Å². The SMILES string of the molecule is CC(CCNC(=O)Cc1csc2ccccc12)NC(=O)CC1CCC1. The van der Waals surface area contributed by atoms with Gasteiger partial charge in [0.2, 0.25) is 11.8 Å². The molecule has 0 radical (unpaired) electrons. The molecule has 4 nitrogen and oxygen atoms in total. The fraction of sp³-hybridized carbons (Fsp3) is 0.500. The van der Waals surface area contributed by atoms with Gasteiger partial charge in [0.15, 0.2) is 0 Å². The summed E-state index contributed by atoms with van der Waals surface area (Å²) in [5.74, 6) is 0.775. The molecule has 1 atom stereocenters. The number of hydrogen-bond acceptors (Lipinski definition) is 3. The van der Waals surface area contributed by atoms with Crippen molar-refractivity contribution in [2.24, 2.45) is 5.92 Å². The minimum Gasteiger partial charge on any atom is -0.356 e. The first-order chi connectivity index (χ1) is 12.1. The van der Waals surface area contributed by atoms with Crippen molar-refractivity contribution in [3.05, 3.63) is 35.2 Å². The molecular formula is C20H26N2O2S. The maximum absolute atomic E-state index is 12.2. The second kappa shape index (κ2) is 8.48. The maximum atomic E-state index is 12.2. The highest BCUT2D eigenvalue weighted by Gasteiger charge is 2.21. The molecule has 1 heterocycles. The summed E-state index contributed by atoms with van der Waals surface area (Å²) in [4.78, 5) is 24.0. The number of carbonyl (C=O) groups excluding carboxylic acids is 2. The molecule has 1 aliphatic rings. The second-order valence-corrected chi connectivity index (χ2v) is 7.95. The molecule has 0 aliphatic heterocycles. The van der Waals surface area contributed by atoms with Crippen LogP contribution in [0.3, 0.4) is 0 Å². The van der Waals surface area contributed by atoms with Crippen molar-refractivity contribution >= 4 is 33.2 Å². The zero-order valence-electron chi connectivity index (χ0n) is 14.7. The number of amides is 2. The van der Waals surface area contributed by atoms with E-state index in [4.69, 9.17) is 0 Å². The molecule has 1 saturated carbocycles. The highest BCUT2D eigenvalue weighted by atomic mass is 32.1. The Kier molecular flexibility index (Phi) is 6.08. The zero-order chi connectivity index (χ0) is 17.6. The molecule has 1 unspecified atom stereocenters. The summed E-state index contributed by atoms with van der Waals surface area (Å²) in [6, 6.07) is 8.26. The Labute approximate surface area is 153 Å². The van der Waals surface area contributed by atoms with Gasteiger partial charge < -0.3 is 10.6 Å². The fourth-order valence-electron chi connectivity index (χ4n) is 3.20. The molecule has 0 saturated heterocycles. The molecule has 1 aromatic heterocycles. The van der Waals surface area contributed by atoms with E-state index in [0.29, 0.717) is 25.3 Å². The first-order valence-electron chi connectivity index (χ1n) is 9.13. The number of benzene rings is 1. The molecule has 1 fully saturated rings. The lowest BCUT2D eigenvalue weighted by molar-refractivity contribution is -0.123. The number of carbonyl (C=O) groups is 2. The van der Waals surface area contributed by atoms with E-state index in [-0.39, 0.29) is 17.9 Å². The summed E-state index contributed by atoms with van der Waals surface area (Å²) in [6.45, 7) is 2.59. The molecule has 134 valence electrons. The number of thiophene rings is 1. The Morgan fingerprint density at radius 2 is 2.04 bits per heavy atom. The molecular weight excluding hydrogens is 332 g/mol. The number of nitrogens with one attached hydrogen (secondary N) is 2. The van der Waals surface area contributed by atoms with E-state index in [1.807, 2.05) is 19.1 Å². The first kappa shape index (κ1) is 17.9. The first-order valence-corrected chi connectivity index (χ1v) is 10.0. The van der Waals surface area contributed by atoms with Crippen molar-refractivity contribution in [2.45, 2.75) is 51.5 Å². The van der Waals surface area contributed by atoms with Crippen LogP contribution < -0.4 is 10.6 Å². The van der Waals surface area contributed by atoms with Crippen LogP contribution >= 0.6 is 11.3 Å². The summed E-state index contributed by atoms with van der Waals surface area (Å²) in [5, 5.41) is 9.23. The largest absolute Gasteiger partial charge is 0.356 e. The van der Waals surface area contributed by atoms with Gasteiger partial charge in [-0.3, -0.25) is 9.59 Å². The Morgan fingerprint density at radius 3 is 2.80 bits per heavy atom. The zero-order valence-corrected chi connectivity index (χ0v) is 15.5. The van der Waals surface area contributed by atoms with Gasteiger partial charge in [-0.1, -0.05) is 24.6 Å². The van der Waals surface area contributed by atoms with E-state index in [2.05, 4.69) is 28.1 Å². The van der Waals surface area contributed by atoms with Crippen molar-refractivity contribution in [2.75, 3.05) is 6.54 Å². The molecule has 2 aromatic rings. The van der Waals surface area contributed by atoms with Crippen molar-refractivity contribution in [1.29, 1.82) is 0 Å². The van der Waals surface area contributed by atoms with Crippen LogP contribution in [0.1, 0.15) is 44.6 Å². The number of hydrogen-bond donors (Lipinski definition) is 2. The Balaban J connectivity index is 1.36. The van der Waals surface area contributed by atoms with Crippen LogP contribution in [-0.2, 0) is 16.0 Å². The molecule has 2 N–H and O–H groups in total. The number of rotatable bonds is 8. The van der Waals surface area contributed by atoms with Crippen molar-refractivity contribution < 1.29 is 9.59 Å². The topological polar surface area (TPSA) is 58.2 Å². The van der Waals surface area contributed by atoms with Crippen LogP contribution in [0, 0.1) is 5.92 Å². The van der Waals surface area contributed by atoms with Gasteiger partial charge in [-0.15, -0.1) is 11.3 Å². The molecule has 2 amide bonds. The monoisotopic (exact) mass is 358 g/mol. The van der Waals surface area contributed by atoms with Gasteiger partial charge in [0.1, 0.15) is 0 Å². The molecule has 5 heteroatoms. The van der Waals surface area contributed by atoms with Crippen molar-refractivity contribution in [3.63, 3.8) is 0 Å². The smallest absolute Gasteiger partial charge is 0.224 e. The predicted molar refractivity (Wildman–Crippen MR) is 103 cm³/mol. The second-order valence-electron chi connectivity index (χ2n) is 7.04. The minimum absolute atomic E-state index is 0.0385. The average molecular weight is 359 g/mol. The molecule has 0 bridgehead atoms. The van der Waals surface area contributed by atoms with Gasteiger partial charge in [-0.2, -0.15) is 0 Å². The van der Waals surface area contributed by atoms with E-state index < -0.39 is 0 Å². The lowest BCUT2D eigenvalue weighted by Gasteiger charge is -2.25. The van der Waals surface area contributed by atoms with Gasteiger partial charge >= 0.3 is 0 Å². The summed E-state index contributed by atoms with van der Waals surface area (Å²) in [6.07, 6.45) is 5.46. The van der Waals surface area contributed by atoms with Gasteiger partial charge in [0.25, 0.3) is 0 Å². The van der Waals surface area contributed by atoms with Gasteiger partial charge in [-0.05, 0) is 54.5 Å². The Hall–Kier alpha value is -1.88. The van der Waals surface area contributed by atoms with E-state index in [1.165, 1.54) is 29.3 Å². The van der Waals surface area contributed by atoms with Crippen LogP contribution in [0.25, 0.3) is 10.1 Å². The van der Waals surface area contributed by atoms with Crippen LogP contribution in [0.4, 0.5) is 0 Å². The normalized spacial score (nSPS) is 15.6. The molecule has 25 heavy (non-hydrogen) atoms. The van der Waals surface area contributed by atoms with E-state index in [1.54, 1.807) is 11.3 Å². The highest BCUT2D eigenvalue weighted by molar-refractivity contribution is 7.17. The van der Waals surface area contributed by atoms with E-state index >= 15 is 0 Å². The molecule has 3 rings (SSSR count). The third-order valence-electron chi connectivity index (χ3n) is 4.92. The third kappa shape index (κ3) is 5.05. The quantitative estimate of drug-likeness (QED) is 0.757. The fourth-order valence-corrected chi connectivity index (χ4v) is 4.16. The highest BCUT2D eigenvalue weighted by Crippen LogP contribution is 2.29. The summed E-state index contributed by atoms with van der Waals surface area (Å²) in [7, 11) is 0. The maximum Gasteiger partial charge on any atom is 0.224 e. The summed E-state index contributed by atoms with van der Waals surface area (Å²) in [5.41, 5.74) is 1.08. The lowest BCUT2D eigenvalue weighted by atomic mass is 9.83. The van der Waals surface area contributed by atoms with Gasteiger partial charge in [0, 0.05) is 23.7 Å². The van der Waals surface area contributed by atoms with Crippen LogP contribution in [0.15, 0.2) is 29.6 Å². The Morgan fingerprint density at radius 1 is 1.24 bits per heavy atom. The summed E-state index contributed by atoms with van der Waals surface area (Å²) < 4.78 is 1.22. The molecule has 1 aromatic carbocycles. The Bertz CT molecular complexity index is 736. The molecule has 0 spiro atoms. The average Bonchev–Trinajstić information content (AvgIpc) is 2.94. The minimum atomic E-state index is 0.0385. The van der Waals surface area contributed by atoms with Gasteiger partial charge in [0.05, 0.1) is 6.42 Å². The van der Waals surface area contributed by atoms with Crippen LogP contribution in [0.5, 0.6) is 0 Å². The standard InChI is InChI=1S/C20H26N2O2S/c1-14(22-20(24)11-15-5-4-6-15)9-10-21-19(23)12-16-13-25-18-8-3-2-7-17(16)18/h2-3,7-8,13-15H,4-6,9-12H2,1H3,(H,21,23)(H,22,24). The predicted octanol–water partition coefficient (Wildman–Crippen LogP) is 3.65. The van der Waals surface area contributed by atoms with Crippen molar-refractivity contribution in [3.8, 4) is 0 Å². The summed E-state index contributed by atoms with van der Waals surface area (Å²) >= 11 is 1.68. The lowest BCUT2D eigenvalue weighted by Crippen LogP contribution is -2.37. The van der Waals surface area contributed by atoms with Crippen molar-refractivity contribution in [1.82, 2.24) is 10.6 Å². The number of fused-ring (bicyclic) bond motifs is 1. The van der Waals surface area contributed by atoms with E-state index in [9.17, 15) is 9.59 Å². The van der Waals surface area contributed by atoms with Gasteiger partial charge in [-0.25, -0.2) is 0 Å². The van der Waals surface area contributed by atoms with Crippen LogP contribution in [-0.4, -0.2) is 24.4 Å². The third-order valence-corrected chi connectivity index (χ3v) is 5.93.